The second-order valence-corrected chi connectivity index (χ2v) is 11.6. The Kier molecular flexibility index (Phi) is 8.66. The number of amides is 1. The highest BCUT2D eigenvalue weighted by Gasteiger charge is 2.26. The van der Waals surface area contributed by atoms with Crippen LogP contribution in [0.1, 0.15) is 12.5 Å². The van der Waals surface area contributed by atoms with E-state index in [2.05, 4.69) is 5.32 Å². The lowest BCUT2D eigenvalue weighted by Crippen LogP contribution is -2.40. The van der Waals surface area contributed by atoms with Gasteiger partial charge in [0, 0.05) is 26.7 Å². The van der Waals surface area contributed by atoms with Crippen molar-refractivity contribution in [1.29, 1.82) is 0 Å². The number of benzene rings is 2. The van der Waals surface area contributed by atoms with Crippen LogP contribution in [0.2, 0.25) is 0 Å². The average Bonchev–Trinajstić information content (AvgIpc) is 2.84. The summed E-state index contributed by atoms with van der Waals surface area (Å²) in [6.07, 6.45) is 0. The van der Waals surface area contributed by atoms with Crippen LogP contribution < -0.4 is 10.1 Å². The van der Waals surface area contributed by atoms with E-state index >= 15 is 0 Å². The van der Waals surface area contributed by atoms with E-state index in [-0.39, 0.29) is 22.9 Å². The topological polar surface area (TPSA) is 122 Å². The number of carbonyl (C=O) groups is 1. The van der Waals surface area contributed by atoms with Crippen molar-refractivity contribution in [2.45, 2.75) is 23.3 Å². The lowest BCUT2D eigenvalue weighted by molar-refractivity contribution is -0.121. The third kappa shape index (κ3) is 6.33. The van der Waals surface area contributed by atoms with Gasteiger partial charge in [0.2, 0.25) is 26.0 Å². The summed E-state index contributed by atoms with van der Waals surface area (Å²) in [6.45, 7) is 3.43. The Hall–Kier alpha value is -2.51. The number of morpholine rings is 1. The Morgan fingerprint density at radius 2 is 1.59 bits per heavy atom. The summed E-state index contributed by atoms with van der Waals surface area (Å²) >= 11 is 0. The van der Waals surface area contributed by atoms with Gasteiger partial charge in [0.05, 0.1) is 36.2 Å². The standard InChI is InChI=1S/C22H29N3O7S2/c1-3-32-19-6-10-20(11-7-19)33(27,28)24(2)17-22(26)23-16-18-4-8-21(9-5-18)34(29,30)25-12-14-31-15-13-25/h4-11H,3,12-17H2,1-2H3,(H,23,26). The molecule has 1 fully saturated rings. The number of rotatable bonds is 10. The molecule has 1 saturated heterocycles. The maximum atomic E-state index is 12.7. The van der Waals surface area contributed by atoms with Crippen LogP contribution >= 0.6 is 0 Å². The molecule has 2 aromatic carbocycles. The predicted octanol–water partition coefficient (Wildman–Crippen LogP) is 1.04. The Bertz CT molecular complexity index is 1180. The van der Waals surface area contributed by atoms with Crippen molar-refractivity contribution in [2.24, 2.45) is 0 Å². The molecule has 1 aliphatic rings. The molecule has 0 saturated carbocycles. The number of nitrogens with one attached hydrogen (secondary N) is 1. The van der Waals surface area contributed by atoms with Crippen molar-refractivity contribution in [3.63, 3.8) is 0 Å². The number of hydrogen-bond acceptors (Lipinski definition) is 7. The molecule has 0 spiro atoms. The van der Waals surface area contributed by atoms with Crippen LogP contribution in [0.15, 0.2) is 58.3 Å². The zero-order valence-electron chi connectivity index (χ0n) is 19.1. The van der Waals surface area contributed by atoms with Gasteiger partial charge >= 0.3 is 0 Å². The van der Waals surface area contributed by atoms with Crippen molar-refractivity contribution in [2.75, 3.05) is 46.5 Å². The number of sulfonamides is 2. The molecule has 3 rings (SSSR count). The molecule has 186 valence electrons. The second-order valence-electron chi connectivity index (χ2n) is 7.60. The fourth-order valence-electron chi connectivity index (χ4n) is 3.31. The first-order chi connectivity index (χ1) is 16.1. The van der Waals surface area contributed by atoms with Crippen LogP contribution in [0.25, 0.3) is 0 Å². The molecule has 2 aromatic rings. The lowest BCUT2D eigenvalue weighted by Gasteiger charge is -2.26. The Morgan fingerprint density at radius 1 is 1.00 bits per heavy atom. The molecule has 0 aliphatic carbocycles. The van der Waals surface area contributed by atoms with Gasteiger partial charge in [-0.1, -0.05) is 12.1 Å². The summed E-state index contributed by atoms with van der Waals surface area (Å²) in [4.78, 5) is 12.6. The fraction of sp³-hybridized carbons (Fsp3) is 0.409. The van der Waals surface area contributed by atoms with Gasteiger partial charge in [0.15, 0.2) is 0 Å². The molecule has 10 nitrogen and oxygen atoms in total. The number of carbonyl (C=O) groups excluding carboxylic acids is 1. The van der Waals surface area contributed by atoms with Crippen LogP contribution in [-0.4, -0.2) is 77.9 Å². The van der Waals surface area contributed by atoms with Crippen LogP contribution in [0.5, 0.6) is 5.75 Å². The van der Waals surface area contributed by atoms with Crippen molar-refractivity contribution in [3.05, 3.63) is 54.1 Å². The number of hydrogen-bond donors (Lipinski definition) is 1. The minimum Gasteiger partial charge on any atom is -0.494 e. The summed E-state index contributed by atoms with van der Waals surface area (Å²) in [7, 11) is -6.10. The third-order valence-electron chi connectivity index (χ3n) is 5.23. The maximum absolute atomic E-state index is 12.7. The third-order valence-corrected chi connectivity index (χ3v) is 8.96. The zero-order valence-corrected chi connectivity index (χ0v) is 20.8. The molecule has 0 radical (unpaired) electrons. The minimum atomic E-state index is -3.84. The van der Waals surface area contributed by atoms with Gasteiger partial charge in [0.25, 0.3) is 0 Å². The van der Waals surface area contributed by atoms with Crippen LogP contribution in [0.3, 0.4) is 0 Å². The number of likely N-dealkylation sites (N-methyl/N-ethyl adjacent to an activating group) is 1. The Morgan fingerprint density at radius 3 is 2.18 bits per heavy atom. The van der Waals surface area contributed by atoms with E-state index in [1.54, 1.807) is 24.3 Å². The van der Waals surface area contributed by atoms with Crippen LogP contribution in [0, 0.1) is 0 Å². The summed E-state index contributed by atoms with van der Waals surface area (Å²) in [5.74, 6) is 0.0765. The molecule has 1 aliphatic heterocycles. The summed E-state index contributed by atoms with van der Waals surface area (Å²) in [5, 5.41) is 2.66. The molecule has 0 unspecified atom stereocenters. The van der Waals surface area contributed by atoms with E-state index in [0.717, 1.165) is 4.31 Å². The summed E-state index contributed by atoms with van der Waals surface area (Å²) in [6, 6.07) is 12.2. The Labute approximate surface area is 200 Å². The van der Waals surface area contributed by atoms with Gasteiger partial charge in [0.1, 0.15) is 5.75 Å². The molecule has 1 heterocycles. The molecule has 12 heteroatoms. The lowest BCUT2D eigenvalue weighted by atomic mass is 10.2. The van der Waals surface area contributed by atoms with E-state index in [4.69, 9.17) is 9.47 Å². The van der Waals surface area contributed by atoms with Crippen LogP contribution in [0.4, 0.5) is 0 Å². The van der Waals surface area contributed by atoms with Gasteiger partial charge in [-0.05, 0) is 48.9 Å². The summed E-state index contributed by atoms with van der Waals surface area (Å²) in [5.41, 5.74) is 0.686. The smallest absolute Gasteiger partial charge is 0.243 e. The molecule has 0 atom stereocenters. The van der Waals surface area contributed by atoms with Crippen molar-refractivity contribution in [1.82, 2.24) is 13.9 Å². The minimum absolute atomic E-state index is 0.0586. The van der Waals surface area contributed by atoms with Gasteiger partial charge in [-0.25, -0.2) is 16.8 Å². The summed E-state index contributed by atoms with van der Waals surface area (Å²) < 4.78 is 63.6. The van der Waals surface area contributed by atoms with Crippen molar-refractivity contribution >= 4 is 26.0 Å². The van der Waals surface area contributed by atoms with E-state index in [1.165, 1.54) is 35.6 Å². The van der Waals surface area contributed by atoms with Crippen molar-refractivity contribution < 1.29 is 31.1 Å². The molecule has 0 aromatic heterocycles. The normalized spacial score (nSPS) is 15.3. The van der Waals surface area contributed by atoms with Gasteiger partial charge in [-0.2, -0.15) is 8.61 Å². The van der Waals surface area contributed by atoms with E-state index in [0.29, 0.717) is 44.2 Å². The number of ether oxygens (including phenoxy) is 2. The quantitative estimate of drug-likeness (QED) is 0.506. The zero-order chi connectivity index (χ0) is 24.8. The van der Waals surface area contributed by atoms with Crippen molar-refractivity contribution in [3.8, 4) is 5.75 Å². The first-order valence-corrected chi connectivity index (χ1v) is 13.7. The molecule has 1 amide bonds. The first kappa shape index (κ1) is 26.1. The molecular weight excluding hydrogens is 482 g/mol. The maximum Gasteiger partial charge on any atom is 0.243 e. The number of nitrogens with zero attached hydrogens (tertiary/aromatic N) is 2. The first-order valence-electron chi connectivity index (χ1n) is 10.8. The largest absolute Gasteiger partial charge is 0.494 e. The van der Waals surface area contributed by atoms with Gasteiger partial charge in [-0.3, -0.25) is 4.79 Å². The fourth-order valence-corrected chi connectivity index (χ4v) is 5.85. The van der Waals surface area contributed by atoms with Gasteiger partial charge in [-0.15, -0.1) is 0 Å². The van der Waals surface area contributed by atoms with Gasteiger partial charge < -0.3 is 14.8 Å². The second kappa shape index (κ2) is 11.3. The van der Waals surface area contributed by atoms with Crippen LogP contribution in [-0.2, 0) is 36.1 Å². The SMILES string of the molecule is CCOc1ccc(S(=O)(=O)N(C)CC(=O)NCc2ccc(S(=O)(=O)N3CCOCC3)cc2)cc1. The highest BCUT2D eigenvalue weighted by Crippen LogP contribution is 2.19. The molecule has 0 bridgehead atoms. The monoisotopic (exact) mass is 511 g/mol. The van der Waals surface area contributed by atoms with E-state index in [1.807, 2.05) is 6.92 Å². The molecule has 34 heavy (non-hydrogen) atoms. The molecular formula is C22H29N3O7S2. The molecule has 1 N–H and O–H groups in total. The highest BCUT2D eigenvalue weighted by molar-refractivity contribution is 7.89. The highest BCUT2D eigenvalue weighted by atomic mass is 32.2. The van der Waals surface area contributed by atoms with E-state index < -0.39 is 26.0 Å². The Balaban J connectivity index is 1.55. The van der Waals surface area contributed by atoms with E-state index in [9.17, 15) is 21.6 Å². The predicted molar refractivity (Wildman–Crippen MR) is 125 cm³/mol. The average molecular weight is 512 g/mol.